The lowest BCUT2D eigenvalue weighted by atomic mass is 10.1. The molecule has 0 radical (unpaired) electrons. The van der Waals surface area contributed by atoms with Crippen LogP contribution in [0.5, 0.6) is 0 Å². The van der Waals surface area contributed by atoms with Crippen molar-refractivity contribution < 1.29 is 17.9 Å². The molecule has 0 aliphatic rings. The van der Waals surface area contributed by atoms with E-state index in [0.29, 0.717) is 9.35 Å². The number of ether oxygens (including phenoxy) is 1. The molecule has 2 rings (SSSR count). The van der Waals surface area contributed by atoms with Crippen LogP contribution in [0.15, 0.2) is 19.7 Å². The number of aromatic nitrogens is 1. The minimum absolute atomic E-state index is 0.0638. The molecule has 2 heterocycles. The molecule has 0 fully saturated rings. The van der Waals surface area contributed by atoms with Crippen molar-refractivity contribution in [1.82, 2.24) is 4.57 Å². The monoisotopic (exact) mass is 456 g/mol. The van der Waals surface area contributed by atoms with Gasteiger partial charge >= 0.3 is 6.18 Å². The van der Waals surface area contributed by atoms with Crippen LogP contribution < -0.4 is 0 Å². The van der Waals surface area contributed by atoms with E-state index in [1.165, 1.54) is 11.3 Å². The molecular weight excluding hydrogens is 449 g/mol. The Labute approximate surface area is 145 Å². The molecule has 118 valence electrons. The van der Waals surface area contributed by atoms with E-state index in [2.05, 4.69) is 31.9 Å². The van der Waals surface area contributed by atoms with Crippen LogP contribution in [-0.4, -0.2) is 11.2 Å². The van der Waals surface area contributed by atoms with Crippen molar-refractivity contribution in [3.05, 3.63) is 31.0 Å². The smallest absolute Gasteiger partial charge is 0.361 e. The summed E-state index contributed by atoms with van der Waals surface area (Å²) >= 11 is 7.56. The van der Waals surface area contributed by atoms with Crippen LogP contribution in [-0.2, 0) is 17.6 Å². The summed E-state index contributed by atoms with van der Waals surface area (Å²) in [6.45, 7) is 1.67. The molecule has 2 aromatic heterocycles. The Hall–Kier alpha value is -0.820. The Morgan fingerprint density at radius 1 is 1.41 bits per heavy atom. The van der Waals surface area contributed by atoms with Crippen molar-refractivity contribution in [2.24, 2.45) is 0 Å². The van der Waals surface area contributed by atoms with Crippen LogP contribution >= 0.6 is 43.2 Å². The van der Waals surface area contributed by atoms with Gasteiger partial charge in [0.1, 0.15) is 18.5 Å². The van der Waals surface area contributed by atoms with Gasteiger partial charge in [-0.3, -0.25) is 0 Å². The normalized spacial score (nSPS) is 11.7. The molecule has 0 atom stereocenters. The first-order valence-corrected chi connectivity index (χ1v) is 8.49. The molecule has 22 heavy (non-hydrogen) atoms. The third-order valence-electron chi connectivity index (χ3n) is 2.88. The van der Waals surface area contributed by atoms with Crippen LogP contribution in [0.3, 0.4) is 0 Å². The molecule has 3 nitrogen and oxygen atoms in total. The number of alkyl halides is 3. The first-order valence-electron chi connectivity index (χ1n) is 6.03. The predicted octanol–water partition coefficient (Wildman–Crippen LogP) is 5.63. The van der Waals surface area contributed by atoms with E-state index in [4.69, 9.17) is 4.74 Å². The average molecular weight is 458 g/mol. The first-order chi connectivity index (χ1) is 10.3. The molecule has 0 N–H and O–H groups in total. The van der Waals surface area contributed by atoms with Crippen LogP contribution in [0, 0.1) is 11.3 Å². The quantitative estimate of drug-likeness (QED) is 0.597. The maximum atomic E-state index is 13.4. The van der Waals surface area contributed by atoms with Crippen LogP contribution in [0.4, 0.5) is 13.2 Å². The highest BCUT2D eigenvalue weighted by Gasteiger charge is 2.41. The lowest BCUT2D eigenvalue weighted by Crippen LogP contribution is -2.16. The number of thiophene rings is 1. The number of hydrogen-bond donors (Lipinski definition) is 0. The molecule has 0 bridgehead atoms. The van der Waals surface area contributed by atoms with E-state index >= 15 is 0 Å². The molecule has 2 aromatic rings. The molecule has 0 saturated carbocycles. The Morgan fingerprint density at radius 3 is 2.55 bits per heavy atom. The van der Waals surface area contributed by atoms with Gasteiger partial charge in [-0.1, -0.05) is 0 Å². The first kappa shape index (κ1) is 17.5. The van der Waals surface area contributed by atoms with Crippen LogP contribution in [0.2, 0.25) is 0 Å². The molecule has 0 aliphatic heterocycles. The minimum atomic E-state index is -4.61. The topological polar surface area (TPSA) is 38.0 Å². The highest BCUT2D eigenvalue weighted by Crippen LogP contribution is 2.45. The zero-order chi connectivity index (χ0) is 16.5. The standard InChI is InChI=1S/C13H9Br2F3N2OS/c1-2-21-6-20-10(7-3-4-22-12(7)15)8(5-19)9(14)11(20)13(16,17)18/h3-4H,2,6H2,1H3. The number of halogens is 5. The van der Waals surface area contributed by atoms with Crippen LogP contribution in [0.25, 0.3) is 11.3 Å². The second kappa shape index (κ2) is 6.74. The van der Waals surface area contributed by atoms with E-state index in [1.54, 1.807) is 18.4 Å². The Kier molecular flexibility index (Phi) is 5.37. The van der Waals surface area contributed by atoms with Gasteiger partial charge in [0, 0.05) is 12.2 Å². The molecule has 0 aromatic carbocycles. The van der Waals surface area contributed by atoms with E-state index in [1.807, 2.05) is 6.07 Å². The fraction of sp³-hybridized carbons (Fsp3) is 0.308. The second-order valence-electron chi connectivity index (χ2n) is 4.15. The minimum Gasteiger partial charge on any atom is -0.361 e. The number of hydrogen-bond acceptors (Lipinski definition) is 3. The zero-order valence-corrected chi connectivity index (χ0v) is 15.2. The number of nitrogens with zero attached hydrogens (tertiary/aromatic N) is 2. The van der Waals surface area contributed by atoms with Gasteiger partial charge in [0.2, 0.25) is 0 Å². The average Bonchev–Trinajstić information content (AvgIpc) is 2.96. The second-order valence-corrected chi connectivity index (χ2v) is 7.18. The molecule has 9 heteroatoms. The highest BCUT2D eigenvalue weighted by atomic mass is 79.9. The van der Waals surface area contributed by atoms with Crippen molar-refractivity contribution in [3.8, 4) is 17.3 Å². The molecule has 0 spiro atoms. The summed E-state index contributed by atoms with van der Waals surface area (Å²) in [7, 11) is 0. The Balaban J connectivity index is 2.81. The highest BCUT2D eigenvalue weighted by molar-refractivity contribution is 9.11. The summed E-state index contributed by atoms with van der Waals surface area (Å²) in [5, 5.41) is 11.0. The molecular formula is C13H9Br2F3N2OS. The summed E-state index contributed by atoms with van der Waals surface area (Å²) in [4.78, 5) is 0. The maximum absolute atomic E-state index is 13.4. The van der Waals surface area contributed by atoms with Gasteiger partial charge in [-0.05, 0) is 50.2 Å². The molecule has 0 amide bonds. The molecule has 0 saturated heterocycles. The summed E-state index contributed by atoms with van der Waals surface area (Å²) < 4.78 is 46.7. The Morgan fingerprint density at radius 2 is 2.09 bits per heavy atom. The van der Waals surface area contributed by atoms with E-state index in [-0.39, 0.29) is 29.1 Å². The van der Waals surface area contributed by atoms with E-state index in [0.717, 1.165) is 4.57 Å². The van der Waals surface area contributed by atoms with Crippen molar-refractivity contribution >= 4 is 43.2 Å². The lowest BCUT2D eigenvalue weighted by Gasteiger charge is -2.15. The molecule has 0 unspecified atom stereocenters. The van der Waals surface area contributed by atoms with E-state index < -0.39 is 11.9 Å². The fourth-order valence-corrected chi connectivity index (χ4v) is 4.00. The van der Waals surface area contributed by atoms with Crippen molar-refractivity contribution in [3.63, 3.8) is 0 Å². The predicted molar refractivity (Wildman–Crippen MR) is 84.5 cm³/mol. The summed E-state index contributed by atoms with van der Waals surface area (Å²) in [6.07, 6.45) is -4.61. The summed E-state index contributed by atoms with van der Waals surface area (Å²) in [5.74, 6) is 0. The molecule has 0 aliphatic carbocycles. The zero-order valence-electron chi connectivity index (χ0n) is 11.2. The van der Waals surface area contributed by atoms with Gasteiger partial charge in [-0.2, -0.15) is 18.4 Å². The van der Waals surface area contributed by atoms with Crippen molar-refractivity contribution in [2.45, 2.75) is 19.8 Å². The lowest BCUT2D eigenvalue weighted by molar-refractivity contribution is -0.146. The number of rotatable bonds is 4. The van der Waals surface area contributed by atoms with Crippen molar-refractivity contribution in [2.75, 3.05) is 6.61 Å². The van der Waals surface area contributed by atoms with Gasteiger partial charge in [-0.25, -0.2) is 0 Å². The van der Waals surface area contributed by atoms with Crippen LogP contribution in [0.1, 0.15) is 18.2 Å². The van der Waals surface area contributed by atoms with Gasteiger partial charge < -0.3 is 9.30 Å². The van der Waals surface area contributed by atoms with Crippen molar-refractivity contribution in [1.29, 1.82) is 5.26 Å². The maximum Gasteiger partial charge on any atom is 0.432 e. The third kappa shape index (κ3) is 3.11. The van der Waals surface area contributed by atoms with E-state index in [9.17, 15) is 18.4 Å². The number of nitriles is 1. The SMILES string of the molecule is CCOCn1c(-c2ccsc2Br)c(C#N)c(Br)c1C(F)(F)F. The third-order valence-corrected chi connectivity index (χ3v) is 5.34. The van der Waals surface area contributed by atoms with Gasteiger partial charge in [-0.15, -0.1) is 11.3 Å². The van der Waals surface area contributed by atoms with Gasteiger partial charge in [0.25, 0.3) is 0 Å². The van der Waals surface area contributed by atoms with Gasteiger partial charge in [0.15, 0.2) is 0 Å². The summed E-state index contributed by atoms with van der Waals surface area (Å²) in [5.41, 5.74) is -0.280. The summed E-state index contributed by atoms with van der Waals surface area (Å²) in [6, 6.07) is 3.52. The Bertz CT molecular complexity index is 731. The fourth-order valence-electron chi connectivity index (χ4n) is 2.02. The van der Waals surface area contributed by atoms with Gasteiger partial charge in [0.05, 0.1) is 19.5 Å². The largest absolute Gasteiger partial charge is 0.432 e.